The van der Waals surface area contributed by atoms with Crippen LogP contribution >= 0.6 is 5.21 Å². The molecule has 13 heteroatoms. The van der Waals surface area contributed by atoms with Crippen LogP contribution in [0, 0.1) is 58.2 Å². The second kappa shape index (κ2) is 13.2. The Kier molecular flexibility index (Phi) is 9.39. The third kappa shape index (κ3) is 5.32. The average Bonchev–Trinajstić information content (AvgIpc) is 3.84. The molecular weight excluding hydrogens is 731 g/mol. The van der Waals surface area contributed by atoms with Crippen LogP contribution < -0.4 is 21.5 Å². The van der Waals surface area contributed by atoms with Crippen molar-refractivity contribution in [3.63, 3.8) is 0 Å². The van der Waals surface area contributed by atoms with Crippen molar-refractivity contribution < 1.29 is 63.4 Å². The van der Waals surface area contributed by atoms with E-state index in [1.807, 2.05) is 0 Å². The van der Waals surface area contributed by atoms with Gasteiger partial charge in [0.25, 0.3) is 0 Å². The molecule has 0 amide bonds. The van der Waals surface area contributed by atoms with Crippen molar-refractivity contribution in [3.05, 3.63) is 162 Å². The molecule has 0 saturated carbocycles. The summed E-state index contributed by atoms with van der Waals surface area (Å²) in [6.45, 7) is 0. The normalized spacial score (nSPS) is 14.3. The summed E-state index contributed by atoms with van der Waals surface area (Å²) in [4.78, 5) is 0. The molecule has 47 heavy (non-hydrogen) atoms. The molecule has 0 fully saturated rings. The first-order chi connectivity index (χ1) is 22.5. The third-order valence-electron chi connectivity index (χ3n) is 8.39. The number of halogens is 10. The Bertz CT molecular complexity index is 1810. The molecule has 0 aliphatic heterocycles. The quantitative estimate of drug-likeness (QED) is 0.0562. The Hall–Kier alpha value is -3.48. The molecule has 6 rings (SSSR count). The average molecular weight is 752 g/mol. The van der Waals surface area contributed by atoms with E-state index in [-0.39, 0.29) is 12.8 Å². The van der Waals surface area contributed by atoms with E-state index in [4.69, 9.17) is 0 Å². The van der Waals surface area contributed by atoms with Crippen LogP contribution in [0.1, 0.15) is 12.8 Å². The molecule has 0 N–H and O–H groups in total. The molecule has 0 bridgehead atoms. The summed E-state index contributed by atoms with van der Waals surface area (Å²) in [5.41, 5.74) is -3.28. The third-order valence-corrected chi connectivity index (χ3v) is 34.8. The monoisotopic (exact) mass is 750 g/mol. The molecule has 2 aliphatic carbocycles. The van der Waals surface area contributed by atoms with Crippen LogP contribution in [-0.2, 0) is 19.5 Å². The van der Waals surface area contributed by atoms with E-state index in [2.05, 4.69) is 0 Å². The number of hydrogen-bond donors (Lipinski definition) is 0. The van der Waals surface area contributed by atoms with E-state index in [0.717, 1.165) is 0 Å². The van der Waals surface area contributed by atoms with E-state index >= 15 is 35.1 Å². The molecule has 0 radical (unpaired) electrons. The fourth-order valence-corrected chi connectivity index (χ4v) is 37.2. The maximum absolute atomic E-state index is 16.2. The standard InChI is InChI=1S/C12BF10.C12H10P.2C5H5.Zr/c14-3-1(4(15)8(19)11(22)7(3)18)13-2-5(16)9(20)12(23)10(21)6(2)17;1-3-7-11(8-4-1)13-12-9-5-2-6-10-12;2*1-2-4-5-3-1;/h;1-10H;2*1-3H,4H2;/q+1;-1;;;. The van der Waals surface area contributed by atoms with Gasteiger partial charge in [-0.05, 0) is 0 Å². The zero-order chi connectivity index (χ0) is 33.6. The molecule has 238 valence electrons. The molecule has 2 aliphatic rings. The fourth-order valence-electron chi connectivity index (χ4n) is 6.48. The van der Waals surface area contributed by atoms with Crippen molar-refractivity contribution in [3.8, 4) is 0 Å². The van der Waals surface area contributed by atoms with Gasteiger partial charge in [-0.2, -0.15) is 0 Å². The van der Waals surface area contributed by atoms with Crippen LogP contribution in [0.3, 0.4) is 0 Å². The summed E-state index contributed by atoms with van der Waals surface area (Å²) in [5.74, 6) is -24.3. The number of hydrogen-bond acceptors (Lipinski definition) is 0. The SMILES string of the molecule is Fc1c(F)c(F)c([B](c2c(F)c(F)c(F)c(F)c2F)[Zr]([C]2=CC=CC2)([C]2=CC=CC2)[P](c2ccccc2)c2ccccc2)c(F)c1F. The molecule has 0 saturated heterocycles. The topological polar surface area (TPSA) is 0 Å². The zero-order valence-electron chi connectivity index (χ0n) is 24.0. The van der Waals surface area contributed by atoms with Gasteiger partial charge in [0.1, 0.15) is 0 Å². The Balaban J connectivity index is 1.91. The Labute approximate surface area is 268 Å². The fraction of sp³-hybridized carbons (Fsp3) is 0.0588. The van der Waals surface area contributed by atoms with Crippen molar-refractivity contribution in [2.45, 2.75) is 12.8 Å². The predicted octanol–water partition coefficient (Wildman–Crippen LogP) is 8.07. The summed E-state index contributed by atoms with van der Waals surface area (Å²) < 4.78 is 153. The van der Waals surface area contributed by atoms with Gasteiger partial charge in [-0.3, -0.25) is 0 Å². The second-order valence-corrected chi connectivity index (χ2v) is 28.3. The molecule has 4 aromatic carbocycles. The van der Waals surface area contributed by atoms with Crippen LogP contribution in [0.2, 0.25) is 0 Å². The maximum atomic E-state index is 16.2. The Morgan fingerprint density at radius 1 is 0.447 bits per heavy atom. The molecule has 0 atom stereocenters. The van der Waals surface area contributed by atoms with Gasteiger partial charge in [0.15, 0.2) is 0 Å². The summed E-state index contributed by atoms with van der Waals surface area (Å²) in [6.07, 6.45) is 9.72. The van der Waals surface area contributed by atoms with Gasteiger partial charge in [-0.15, -0.1) is 0 Å². The van der Waals surface area contributed by atoms with E-state index in [1.165, 1.54) is 0 Å². The molecule has 0 heterocycles. The van der Waals surface area contributed by atoms with Gasteiger partial charge in [0.05, 0.1) is 0 Å². The molecule has 4 aromatic rings. The number of rotatable bonds is 8. The van der Waals surface area contributed by atoms with Gasteiger partial charge in [-0.1, -0.05) is 0 Å². The summed E-state index contributed by atoms with van der Waals surface area (Å²) in [5, 5.41) is -1.03. The van der Waals surface area contributed by atoms with Crippen LogP contribution in [0.15, 0.2) is 104 Å². The zero-order valence-corrected chi connectivity index (χ0v) is 27.3. The summed E-state index contributed by atoms with van der Waals surface area (Å²) in [7, 11) is 0. The molecule has 0 aromatic heterocycles. The number of benzene rings is 4. The van der Waals surface area contributed by atoms with Crippen molar-refractivity contribution >= 4 is 31.0 Å². The van der Waals surface area contributed by atoms with E-state index in [0.29, 0.717) is 17.2 Å². The first-order valence-corrected chi connectivity index (χ1v) is 22.7. The van der Waals surface area contributed by atoms with Crippen LogP contribution in [-0.4, -0.2) is 4.25 Å². The van der Waals surface area contributed by atoms with E-state index < -0.39 is 98.0 Å². The van der Waals surface area contributed by atoms with Gasteiger partial charge in [-0.25, -0.2) is 0 Å². The van der Waals surface area contributed by atoms with Gasteiger partial charge >= 0.3 is 269 Å². The van der Waals surface area contributed by atoms with Crippen molar-refractivity contribution in [2.75, 3.05) is 0 Å². The molecule has 0 nitrogen and oxygen atoms in total. The minimum atomic E-state index is -5.86. The van der Waals surface area contributed by atoms with Gasteiger partial charge < -0.3 is 0 Å². The summed E-state index contributed by atoms with van der Waals surface area (Å²) >= 11 is -5.86. The predicted molar refractivity (Wildman–Crippen MR) is 160 cm³/mol. The van der Waals surface area contributed by atoms with Crippen molar-refractivity contribution in [1.82, 2.24) is 0 Å². The first kappa shape index (κ1) is 33.4. The van der Waals surface area contributed by atoms with Gasteiger partial charge in [0.2, 0.25) is 0 Å². The van der Waals surface area contributed by atoms with E-state index in [1.54, 1.807) is 97.1 Å². The van der Waals surface area contributed by atoms with E-state index in [9.17, 15) is 8.78 Å². The van der Waals surface area contributed by atoms with Crippen LogP contribution in [0.5, 0.6) is 0 Å². The first-order valence-electron chi connectivity index (χ1n) is 14.2. The summed E-state index contributed by atoms with van der Waals surface area (Å²) in [6, 6.07) is 16.6. The van der Waals surface area contributed by atoms with Crippen LogP contribution in [0.25, 0.3) is 0 Å². The Morgan fingerprint density at radius 2 is 0.766 bits per heavy atom. The molecular formula is C34H20BF10PZr. The minimum absolute atomic E-state index is 0.0488. The van der Waals surface area contributed by atoms with Gasteiger partial charge in [0, 0.05) is 0 Å². The number of allylic oxidation sites excluding steroid dienone is 8. The molecule has 0 unspecified atom stereocenters. The van der Waals surface area contributed by atoms with Crippen LogP contribution in [0.4, 0.5) is 43.9 Å². The molecule has 0 spiro atoms. The van der Waals surface area contributed by atoms with Crippen molar-refractivity contribution in [1.29, 1.82) is 0 Å². The second-order valence-electron chi connectivity index (χ2n) is 10.8. The Morgan fingerprint density at radius 3 is 1.06 bits per heavy atom. The van der Waals surface area contributed by atoms with Crippen molar-refractivity contribution in [2.24, 2.45) is 0 Å².